The fraction of sp³-hybridized carbons (Fsp3) is 0. The Kier molecular flexibility index (Phi) is 2.73. The quantitative estimate of drug-likeness (QED) is 0.186. The Morgan fingerprint density at radius 1 is 0.538 bits per heavy atom. The lowest BCUT2D eigenvalue weighted by atomic mass is 9.95. The summed E-state index contributed by atoms with van der Waals surface area (Å²) in [5, 5.41) is 10.1. The van der Waals surface area contributed by atoms with Gasteiger partial charge >= 0.3 is 0 Å². The summed E-state index contributed by atoms with van der Waals surface area (Å²) >= 11 is 2.34. The molecule has 6 rings (SSSR count). The van der Waals surface area contributed by atoms with Crippen LogP contribution in [0.1, 0.15) is 0 Å². The van der Waals surface area contributed by atoms with E-state index in [4.69, 9.17) is 5.73 Å². The predicted octanol–water partition coefficient (Wildman–Crippen LogP) is 6.30. The van der Waals surface area contributed by atoms with Crippen molar-refractivity contribution in [1.29, 1.82) is 0 Å². The van der Waals surface area contributed by atoms with Crippen LogP contribution in [0.25, 0.3) is 54.1 Å². The molecule has 4 N–H and O–H groups in total. The molecule has 2 aromatic heterocycles. The van der Waals surface area contributed by atoms with Gasteiger partial charge in [0.1, 0.15) is 5.82 Å². The van der Waals surface area contributed by atoms with E-state index in [0.717, 1.165) is 9.22 Å². The lowest BCUT2D eigenvalue weighted by Crippen LogP contribution is -1.82. The number of anilines is 1. The maximum absolute atomic E-state index is 5.96. The molecule has 0 spiro atoms. The van der Waals surface area contributed by atoms with Crippen LogP contribution in [-0.4, -0.2) is 9.97 Å². The fourth-order valence-electron chi connectivity index (χ4n) is 4.25. The Morgan fingerprint density at radius 3 is 1.54 bits per heavy atom. The number of benzene rings is 4. The molecule has 0 fully saturated rings. The predicted molar refractivity (Wildman–Crippen MR) is 120 cm³/mol. The maximum atomic E-state index is 5.96. The highest BCUT2D eigenvalue weighted by Crippen LogP contribution is 2.37. The monoisotopic (exact) mass is 447 g/mol. The fourth-order valence-corrected chi connectivity index (χ4v) is 4.85. The minimum absolute atomic E-state index is 0.704. The summed E-state index contributed by atoms with van der Waals surface area (Å²) in [6, 6.07) is 21.9. The summed E-state index contributed by atoms with van der Waals surface area (Å²) < 4.78 is 1.16. The molecule has 6 aromatic rings. The molecule has 0 aliphatic heterocycles. The van der Waals surface area contributed by atoms with Gasteiger partial charge in [-0.15, -0.1) is 0 Å². The number of fused-ring (bicyclic) bond motifs is 9. The maximum Gasteiger partial charge on any atom is 0.101 e. The van der Waals surface area contributed by atoms with E-state index < -0.39 is 0 Å². The second-order valence-electron chi connectivity index (χ2n) is 6.81. The number of nitrogens with one attached hydrogen (secondary N) is 2. The Labute approximate surface area is 162 Å². The molecule has 124 valence electrons. The first-order valence-electron chi connectivity index (χ1n) is 8.53. The number of hydrogen-bond acceptors (Lipinski definition) is 1. The molecule has 0 aliphatic carbocycles. The van der Waals surface area contributed by atoms with Crippen molar-refractivity contribution in [2.45, 2.75) is 0 Å². The molecular formula is C22H14IN3. The first kappa shape index (κ1) is 14.4. The smallest absolute Gasteiger partial charge is 0.101 e. The molecule has 0 atom stereocenters. The summed E-state index contributed by atoms with van der Waals surface area (Å²) in [5.41, 5.74) is 8.23. The van der Waals surface area contributed by atoms with Crippen molar-refractivity contribution in [3.63, 3.8) is 0 Å². The molecule has 3 nitrogen and oxygen atoms in total. The van der Waals surface area contributed by atoms with Crippen LogP contribution >= 0.6 is 22.6 Å². The van der Waals surface area contributed by atoms with Crippen molar-refractivity contribution in [3.05, 3.63) is 64.4 Å². The van der Waals surface area contributed by atoms with Gasteiger partial charge in [-0.3, -0.25) is 0 Å². The summed E-state index contributed by atoms with van der Waals surface area (Å²) in [6.45, 7) is 0. The van der Waals surface area contributed by atoms with E-state index >= 15 is 0 Å². The Balaban J connectivity index is 1.81. The number of H-pyrrole nitrogens is 2. The average Bonchev–Trinajstić information content (AvgIpc) is 3.21. The van der Waals surface area contributed by atoms with E-state index in [1.54, 1.807) is 0 Å². The SMILES string of the molecule is Nc1cc2c(ccc3c2ccc2c4ccc5[nH]c(I)cc5c4ccc32)[nH]1. The molecular weight excluding hydrogens is 433 g/mol. The van der Waals surface area contributed by atoms with E-state index in [2.05, 4.69) is 87.2 Å². The van der Waals surface area contributed by atoms with Crippen molar-refractivity contribution >= 4 is 82.5 Å². The third-order valence-corrected chi connectivity index (χ3v) is 5.96. The van der Waals surface area contributed by atoms with Gasteiger partial charge in [0.2, 0.25) is 0 Å². The summed E-state index contributed by atoms with van der Waals surface area (Å²) in [5.74, 6) is 0.704. The van der Waals surface area contributed by atoms with E-state index in [9.17, 15) is 0 Å². The molecule has 0 bridgehead atoms. The third kappa shape index (κ3) is 1.82. The lowest BCUT2D eigenvalue weighted by molar-refractivity contribution is 1.41. The van der Waals surface area contributed by atoms with Crippen molar-refractivity contribution in [1.82, 2.24) is 9.97 Å². The Morgan fingerprint density at radius 2 is 0.962 bits per heavy atom. The van der Waals surface area contributed by atoms with E-state index in [-0.39, 0.29) is 0 Å². The normalized spacial score (nSPS) is 12.2. The van der Waals surface area contributed by atoms with Crippen LogP contribution < -0.4 is 5.73 Å². The molecule has 0 saturated heterocycles. The number of rotatable bonds is 0. The van der Waals surface area contributed by atoms with Gasteiger partial charge in [-0.05, 0) is 79.2 Å². The summed E-state index contributed by atoms with van der Waals surface area (Å²) in [7, 11) is 0. The zero-order valence-electron chi connectivity index (χ0n) is 13.7. The zero-order valence-corrected chi connectivity index (χ0v) is 15.9. The second-order valence-corrected chi connectivity index (χ2v) is 7.97. The molecule has 2 heterocycles. The Bertz CT molecular complexity index is 1390. The van der Waals surface area contributed by atoms with Crippen molar-refractivity contribution in [2.75, 3.05) is 5.73 Å². The van der Waals surface area contributed by atoms with Crippen molar-refractivity contribution in [3.8, 4) is 0 Å². The highest BCUT2D eigenvalue weighted by atomic mass is 127. The summed E-state index contributed by atoms with van der Waals surface area (Å²) in [6.07, 6.45) is 0. The number of aromatic amines is 2. The lowest BCUT2D eigenvalue weighted by Gasteiger charge is -2.09. The van der Waals surface area contributed by atoms with Gasteiger partial charge in [0.25, 0.3) is 0 Å². The van der Waals surface area contributed by atoms with Gasteiger partial charge in [-0.25, -0.2) is 0 Å². The van der Waals surface area contributed by atoms with Gasteiger partial charge in [0.15, 0.2) is 0 Å². The average molecular weight is 447 g/mol. The minimum atomic E-state index is 0.704. The van der Waals surface area contributed by atoms with Crippen LogP contribution in [0.15, 0.2) is 60.7 Å². The number of hydrogen-bond donors (Lipinski definition) is 3. The molecule has 0 aliphatic rings. The van der Waals surface area contributed by atoms with Crippen LogP contribution in [-0.2, 0) is 0 Å². The molecule has 4 aromatic carbocycles. The van der Waals surface area contributed by atoms with Crippen LogP contribution in [0, 0.1) is 3.70 Å². The second kappa shape index (κ2) is 4.92. The zero-order chi connectivity index (χ0) is 17.4. The van der Waals surface area contributed by atoms with Crippen LogP contribution in [0.3, 0.4) is 0 Å². The van der Waals surface area contributed by atoms with Crippen LogP contribution in [0.5, 0.6) is 0 Å². The van der Waals surface area contributed by atoms with Crippen LogP contribution in [0.2, 0.25) is 0 Å². The van der Waals surface area contributed by atoms with Crippen molar-refractivity contribution < 1.29 is 0 Å². The number of aromatic nitrogens is 2. The molecule has 4 heteroatoms. The van der Waals surface area contributed by atoms with Gasteiger partial charge in [0, 0.05) is 21.8 Å². The van der Waals surface area contributed by atoms with E-state index in [1.165, 1.54) is 48.6 Å². The Hall–Kier alpha value is -2.73. The minimum Gasteiger partial charge on any atom is -0.385 e. The highest BCUT2D eigenvalue weighted by Gasteiger charge is 2.10. The highest BCUT2D eigenvalue weighted by molar-refractivity contribution is 14.1. The van der Waals surface area contributed by atoms with E-state index in [1.807, 2.05) is 6.07 Å². The topological polar surface area (TPSA) is 57.6 Å². The molecule has 0 saturated carbocycles. The molecule has 26 heavy (non-hydrogen) atoms. The van der Waals surface area contributed by atoms with Gasteiger partial charge in [0.05, 0.1) is 3.70 Å². The van der Waals surface area contributed by atoms with E-state index in [0.29, 0.717) is 5.82 Å². The summed E-state index contributed by atoms with van der Waals surface area (Å²) in [4.78, 5) is 6.65. The first-order chi connectivity index (χ1) is 12.7. The van der Waals surface area contributed by atoms with Gasteiger partial charge in [-0.1, -0.05) is 36.4 Å². The van der Waals surface area contributed by atoms with Gasteiger partial charge < -0.3 is 15.7 Å². The molecule has 0 radical (unpaired) electrons. The number of nitrogen functional groups attached to an aromatic ring is 1. The third-order valence-electron chi connectivity index (χ3n) is 5.38. The first-order valence-corrected chi connectivity index (χ1v) is 9.60. The standard InChI is InChI=1S/C22H14IN3/c23-21-9-17-15-3-1-12-11(13(15)5-7-19(17)25-21)2-4-16-14(12)6-8-20-18(16)10-22(24)26-20/h1-10,25-26H,24H2. The van der Waals surface area contributed by atoms with Gasteiger partial charge in [-0.2, -0.15) is 0 Å². The largest absolute Gasteiger partial charge is 0.385 e. The molecule has 0 amide bonds. The molecule has 0 unspecified atom stereocenters. The number of halogens is 1. The van der Waals surface area contributed by atoms with Crippen LogP contribution in [0.4, 0.5) is 5.82 Å². The van der Waals surface area contributed by atoms with Crippen molar-refractivity contribution in [2.24, 2.45) is 0 Å². The number of nitrogens with two attached hydrogens (primary N) is 1.